The molecular weight excluding hydrogens is 259 g/mol. The molecule has 0 atom stereocenters. The number of nitrogens with one attached hydrogen (secondary N) is 1. The molecule has 0 saturated carbocycles. The lowest BCUT2D eigenvalue weighted by atomic mass is 10.1. The summed E-state index contributed by atoms with van der Waals surface area (Å²) in [5, 5.41) is 13.7. The van der Waals surface area contributed by atoms with Crippen LogP contribution in [-0.4, -0.2) is 4.92 Å². The van der Waals surface area contributed by atoms with E-state index in [1.54, 1.807) is 0 Å². The Hall–Kier alpha value is -2.43. The van der Waals surface area contributed by atoms with E-state index in [0.29, 0.717) is 5.69 Å². The molecule has 0 saturated heterocycles. The third-order valence-electron chi connectivity index (χ3n) is 2.87. The summed E-state index contributed by atoms with van der Waals surface area (Å²) in [5.74, 6) is -0.635. The normalized spacial score (nSPS) is 10.3. The van der Waals surface area contributed by atoms with Crippen molar-refractivity contribution in [1.29, 1.82) is 0 Å². The molecular formula is C15H15FN2O2. The number of hydrogen-bond acceptors (Lipinski definition) is 3. The second-order valence-electron chi connectivity index (χ2n) is 4.53. The molecule has 1 N–H and O–H groups in total. The van der Waals surface area contributed by atoms with E-state index in [4.69, 9.17) is 0 Å². The second-order valence-corrected chi connectivity index (χ2v) is 4.53. The van der Waals surface area contributed by atoms with Crippen molar-refractivity contribution in [2.45, 2.75) is 19.8 Å². The Morgan fingerprint density at radius 1 is 1.15 bits per heavy atom. The molecule has 0 radical (unpaired) electrons. The predicted molar refractivity (Wildman–Crippen MR) is 76.8 cm³/mol. The summed E-state index contributed by atoms with van der Waals surface area (Å²) in [7, 11) is 0. The molecule has 20 heavy (non-hydrogen) atoms. The van der Waals surface area contributed by atoms with Gasteiger partial charge in [0.1, 0.15) is 5.82 Å². The fourth-order valence-corrected chi connectivity index (χ4v) is 1.96. The number of nitrogens with zero attached hydrogens (tertiary/aromatic N) is 1. The minimum absolute atomic E-state index is 0.268. The van der Waals surface area contributed by atoms with Gasteiger partial charge in [-0.15, -0.1) is 0 Å². The lowest BCUT2D eigenvalue weighted by Crippen LogP contribution is -1.95. The van der Waals surface area contributed by atoms with Gasteiger partial charge in [0.15, 0.2) is 0 Å². The maximum Gasteiger partial charge on any atom is 0.274 e. The number of benzene rings is 2. The van der Waals surface area contributed by atoms with Crippen LogP contribution in [0.2, 0.25) is 0 Å². The summed E-state index contributed by atoms with van der Waals surface area (Å²) in [6, 6.07) is 11.2. The molecule has 2 aromatic rings. The van der Waals surface area contributed by atoms with Crippen LogP contribution in [0, 0.1) is 15.9 Å². The molecule has 104 valence electrons. The predicted octanol–water partition coefficient (Wildman–Crippen LogP) is 4.43. The lowest BCUT2D eigenvalue weighted by Gasteiger charge is -2.07. The first-order valence-corrected chi connectivity index (χ1v) is 6.39. The number of hydrogen-bond donors (Lipinski definition) is 1. The summed E-state index contributed by atoms with van der Waals surface area (Å²) in [6.45, 7) is 2.11. The molecule has 2 aromatic carbocycles. The minimum atomic E-state index is -0.635. The molecule has 0 fully saturated rings. The Morgan fingerprint density at radius 2 is 1.85 bits per heavy atom. The summed E-state index contributed by atoms with van der Waals surface area (Å²) >= 11 is 0. The van der Waals surface area contributed by atoms with Crippen molar-refractivity contribution < 1.29 is 9.31 Å². The Bertz CT molecular complexity index is 612. The quantitative estimate of drug-likeness (QED) is 0.648. The summed E-state index contributed by atoms with van der Waals surface area (Å²) in [4.78, 5) is 10.1. The van der Waals surface area contributed by atoms with Gasteiger partial charge >= 0.3 is 0 Å². The standard InChI is InChI=1S/C15H15FN2O2/c1-2-3-11-4-6-13(7-5-11)17-14-8-12(16)9-15(10-14)18(19)20/h4-10,17H,2-3H2,1H3. The highest BCUT2D eigenvalue weighted by atomic mass is 19.1. The Kier molecular flexibility index (Phi) is 4.30. The molecule has 2 rings (SSSR count). The van der Waals surface area contributed by atoms with Crippen molar-refractivity contribution in [3.8, 4) is 0 Å². The third kappa shape index (κ3) is 3.54. The van der Waals surface area contributed by atoms with E-state index in [9.17, 15) is 14.5 Å². The van der Waals surface area contributed by atoms with Crippen LogP contribution in [-0.2, 0) is 6.42 Å². The van der Waals surface area contributed by atoms with Crippen LogP contribution >= 0.6 is 0 Å². The highest BCUT2D eigenvalue weighted by Crippen LogP contribution is 2.23. The van der Waals surface area contributed by atoms with E-state index < -0.39 is 10.7 Å². The van der Waals surface area contributed by atoms with E-state index in [-0.39, 0.29) is 5.69 Å². The van der Waals surface area contributed by atoms with Gasteiger partial charge in [0.25, 0.3) is 5.69 Å². The average molecular weight is 274 g/mol. The first kappa shape index (κ1) is 14.0. The van der Waals surface area contributed by atoms with E-state index in [2.05, 4.69) is 12.2 Å². The summed E-state index contributed by atoms with van der Waals surface area (Å²) in [6.07, 6.45) is 2.08. The molecule has 5 heteroatoms. The van der Waals surface area contributed by atoms with Crippen molar-refractivity contribution in [1.82, 2.24) is 0 Å². The Balaban J connectivity index is 2.19. The molecule has 0 aliphatic carbocycles. The van der Waals surface area contributed by atoms with Crippen molar-refractivity contribution in [2.75, 3.05) is 5.32 Å². The maximum absolute atomic E-state index is 13.3. The topological polar surface area (TPSA) is 55.2 Å². The number of rotatable bonds is 5. The SMILES string of the molecule is CCCc1ccc(Nc2cc(F)cc([N+](=O)[O-])c2)cc1. The van der Waals surface area contributed by atoms with Gasteiger partial charge < -0.3 is 5.32 Å². The van der Waals surface area contributed by atoms with Crippen molar-refractivity contribution in [3.63, 3.8) is 0 Å². The number of non-ortho nitro benzene ring substituents is 1. The van der Waals surface area contributed by atoms with Gasteiger partial charge in [-0.3, -0.25) is 10.1 Å². The summed E-state index contributed by atoms with van der Waals surface area (Å²) < 4.78 is 13.3. The van der Waals surface area contributed by atoms with Crippen LogP contribution in [0.25, 0.3) is 0 Å². The molecule has 0 heterocycles. The molecule has 0 bridgehead atoms. The maximum atomic E-state index is 13.3. The highest BCUT2D eigenvalue weighted by molar-refractivity contribution is 5.62. The average Bonchev–Trinajstić information content (AvgIpc) is 2.40. The Morgan fingerprint density at radius 3 is 2.45 bits per heavy atom. The van der Waals surface area contributed by atoms with Gasteiger partial charge in [-0.1, -0.05) is 25.5 Å². The van der Waals surface area contributed by atoms with E-state index in [1.165, 1.54) is 17.7 Å². The van der Waals surface area contributed by atoms with Gasteiger partial charge in [-0.25, -0.2) is 4.39 Å². The third-order valence-corrected chi connectivity index (χ3v) is 2.87. The van der Waals surface area contributed by atoms with E-state index in [1.807, 2.05) is 24.3 Å². The molecule has 0 amide bonds. The molecule has 4 nitrogen and oxygen atoms in total. The van der Waals surface area contributed by atoms with Crippen LogP contribution in [0.15, 0.2) is 42.5 Å². The second kappa shape index (κ2) is 6.14. The van der Waals surface area contributed by atoms with Crippen LogP contribution in [0.5, 0.6) is 0 Å². The lowest BCUT2D eigenvalue weighted by molar-refractivity contribution is -0.385. The molecule has 0 unspecified atom stereocenters. The molecule has 0 aliphatic rings. The minimum Gasteiger partial charge on any atom is -0.355 e. The zero-order valence-electron chi connectivity index (χ0n) is 11.1. The van der Waals surface area contributed by atoms with Gasteiger partial charge in [-0.2, -0.15) is 0 Å². The summed E-state index contributed by atoms with van der Waals surface area (Å²) in [5.41, 5.74) is 2.09. The number of halogens is 1. The number of anilines is 2. The van der Waals surface area contributed by atoms with Crippen LogP contribution in [0.1, 0.15) is 18.9 Å². The number of nitro benzene ring substituents is 1. The molecule has 0 aromatic heterocycles. The van der Waals surface area contributed by atoms with Crippen molar-refractivity contribution >= 4 is 17.1 Å². The van der Waals surface area contributed by atoms with Gasteiger partial charge in [0.05, 0.1) is 11.0 Å². The van der Waals surface area contributed by atoms with Gasteiger partial charge in [0, 0.05) is 17.4 Å². The zero-order valence-corrected chi connectivity index (χ0v) is 11.1. The van der Waals surface area contributed by atoms with E-state index in [0.717, 1.165) is 24.6 Å². The van der Waals surface area contributed by atoms with Crippen LogP contribution < -0.4 is 5.32 Å². The molecule has 0 spiro atoms. The monoisotopic (exact) mass is 274 g/mol. The van der Waals surface area contributed by atoms with Crippen LogP contribution in [0.4, 0.5) is 21.5 Å². The fourth-order valence-electron chi connectivity index (χ4n) is 1.96. The first-order valence-electron chi connectivity index (χ1n) is 6.39. The fraction of sp³-hybridized carbons (Fsp3) is 0.200. The first-order chi connectivity index (χ1) is 9.58. The van der Waals surface area contributed by atoms with Gasteiger partial charge in [-0.05, 0) is 30.2 Å². The van der Waals surface area contributed by atoms with Crippen molar-refractivity contribution in [3.05, 3.63) is 64.0 Å². The van der Waals surface area contributed by atoms with Crippen LogP contribution in [0.3, 0.4) is 0 Å². The number of nitro groups is 1. The largest absolute Gasteiger partial charge is 0.355 e. The smallest absolute Gasteiger partial charge is 0.274 e. The highest BCUT2D eigenvalue weighted by Gasteiger charge is 2.09. The number of aryl methyl sites for hydroxylation is 1. The Labute approximate surface area is 116 Å². The zero-order chi connectivity index (χ0) is 14.5. The molecule has 0 aliphatic heterocycles. The van der Waals surface area contributed by atoms with Crippen molar-refractivity contribution in [2.24, 2.45) is 0 Å². The van der Waals surface area contributed by atoms with Gasteiger partial charge in [0.2, 0.25) is 0 Å². The van der Waals surface area contributed by atoms with E-state index >= 15 is 0 Å².